The topological polar surface area (TPSA) is 63.3 Å². The van der Waals surface area contributed by atoms with Gasteiger partial charge in [0.25, 0.3) is 0 Å². The van der Waals surface area contributed by atoms with Crippen LogP contribution in [0.1, 0.15) is 13.3 Å². The molecule has 3 nitrogen and oxygen atoms in total. The van der Waals surface area contributed by atoms with Gasteiger partial charge in [-0.1, -0.05) is 43.0 Å². The number of hydrogen-bond acceptors (Lipinski definition) is 2. The monoisotopic (exact) mass is 207 g/mol. The first-order valence-electron chi connectivity index (χ1n) is 4.71. The van der Waals surface area contributed by atoms with Crippen molar-refractivity contribution in [1.82, 2.24) is 0 Å². The van der Waals surface area contributed by atoms with Crippen molar-refractivity contribution >= 4 is 5.97 Å². The highest BCUT2D eigenvalue weighted by atomic mass is 16.4. The molecule has 1 atom stereocenters. The Balaban J connectivity index is 4.57. The second-order valence-corrected chi connectivity index (χ2v) is 3.01. The summed E-state index contributed by atoms with van der Waals surface area (Å²) in [7, 11) is 0. The van der Waals surface area contributed by atoms with Crippen LogP contribution in [0.2, 0.25) is 0 Å². The average molecular weight is 207 g/mol. The van der Waals surface area contributed by atoms with Crippen LogP contribution in [0.3, 0.4) is 0 Å². The Bertz CT molecular complexity index is 301. The SMILES string of the molecule is C=C\C=C/C(=C\C=C/C)CC(N)C(=O)O. The largest absolute Gasteiger partial charge is 0.480 e. The summed E-state index contributed by atoms with van der Waals surface area (Å²) in [6, 6.07) is -0.865. The maximum Gasteiger partial charge on any atom is 0.320 e. The highest BCUT2D eigenvalue weighted by Crippen LogP contribution is 2.07. The fourth-order valence-corrected chi connectivity index (χ4v) is 0.944. The van der Waals surface area contributed by atoms with Crippen molar-refractivity contribution in [1.29, 1.82) is 0 Å². The van der Waals surface area contributed by atoms with Crippen LogP contribution >= 0.6 is 0 Å². The first kappa shape index (κ1) is 13.4. The third-order valence-electron chi connectivity index (χ3n) is 1.72. The predicted octanol–water partition coefficient (Wildman–Crippen LogP) is 2.03. The molecule has 3 heteroatoms. The molecule has 3 N–H and O–H groups in total. The van der Waals surface area contributed by atoms with Gasteiger partial charge in [-0.3, -0.25) is 4.79 Å². The van der Waals surface area contributed by atoms with Gasteiger partial charge in [-0.25, -0.2) is 0 Å². The summed E-state index contributed by atoms with van der Waals surface area (Å²) in [6.45, 7) is 5.44. The first-order valence-corrected chi connectivity index (χ1v) is 4.71. The van der Waals surface area contributed by atoms with E-state index in [0.29, 0.717) is 6.42 Å². The van der Waals surface area contributed by atoms with E-state index in [2.05, 4.69) is 6.58 Å². The lowest BCUT2D eigenvalue weighted by Gasteiger charge is -2.06. The number of carbonyl (C=O) groups is 1. The summed E-state index contributed by atoms with van der Waals surface area (Å²) in [4.78, 5) is 10.6. The standard InChI is InChI=1S/C12H17NO2/c1-3-5-7-10(8-6-4-2)9-11(13)12(14)15/h3-8,11H,1,9,13H2,2H3,(H,14,15)/b6-4-,7-5-,10-8+. The summed E-state index contributed by atoms with van der Waals surface area (Å²) in [5.41, 5.74) is 6.30. The Morgan fingerprint density at radius 1 is 1.53 bits per heavy atom. The van der Waals surface area contributed by atoms with Crippen LogP contribution in [0.15, 0.2) is 48.6 Å². The summed E-state index contributed by atoms with van der Waals surface area (Å²) < 4.78 is 0. The van der Waals surface area contributed by atoms with Crippen LogP contribution in [0.5, 0.6) is 0 Å². The molecule has 0 aromatic heterocycles. The highest BCUT2D eigenvalue weighted by molar-refractivity contribution is 5.73. The number of allylic oxidation sites excluding steroid dienone is 6. The molecule has 15 heavy (non-hydrogen) atoms. The van der Waals surface area contributed by atoms with Crippen LogP contribution in [0, 0.1) is 0 Å². The molecule has 82 valence electrons. The first-order chi connectivity index (χ1) is 7.11. The number of nitrogens with two attached hydrogens (primary N) is 1. The summed E-state index contributed by atoms with van der Waals surface area (Å²) in [5.74, 6) is -0.992. The maximum absolute atomic E-state index is 10.6. The smallest absolute Gasteiger partial charge is 0.320 e. The molecule has 0 aromatic rings. The molecule has 0 aliphatic rings. The Morgan fingerprint density at radius 3 is 2.67 bits per heavy atom. The van der Waals surface area contributed by atoms with Gasteiger partial charge in [0.1, 0.15) is 6.04 Å². The average Bonchev–Trinajstić information content (AvgIpc) is 2.21. The predicted molar refractivity (Wildman–Crippen MR) is 62.5 cm³/mol. The van der Waals surface area contributed by atoms with Crippen LogP contribution in [-0.2, 0) is 4.79 Å². The van der Waals surface area contributed by atoms with E-state index in [1.54, 1.807) is 18.2 Å². The van der Waals surface area contributed by atoms with E-state index >= 15 is 0 Å². The molecule has 0 heterocycles. The molecule has 0 saturated carbocycles. The fraction of sp³-hybridized carbons (Fsp3) is 0.250. The van der Waals surface area contributed by atoms with Crippen LogP contribution in [0.4, 0.5) is 0 Å². The Morgan fingerprint density at radius 2 is 2.20 bits per heavy atom. The van der Waals surface area contributed by atoms with E-state index in [4.69, 9.17) is 10.8 Å². The lowest BCUT2D eigenvalue weighted by atomic mass is 10.1. The lowest BCUT2D eigenvalue weighted by Crippen LogP contribution is -2.30. The van der Waals surface area contributed by atoms with Crippen molar-refractivity contribution in [2.75, 3.05) is 0 Å². The molecule has 0 aliphatic carbocycles. The molecule has 1 unspecified atom stereocenters. The van der Waals surface area contributed by atoms with Gasteiger partial charge in [0.15, 0.2) is 0 Å². The van der Waals surface area contributed by atoms with Crippen molar-refractivity contribution in [3.05, 3.63) is 48.6 Å². The van der Waals surface area contributed by atoms with Gasteiger partial charge >= 0.3 is 5.97 Å². The second-order valence-electron chi connectivity index (χ2n) is 3.01. The molecule has 0 rings (SSSR count). The van der Waals surface area contributed by atoms with Gasteiger partial charge in [-0.15, -0.1) is 0 Å². The molecule has 0 aromatic carbocycles. The number of carboxylic acids is 1. The number of hydrogen-bond donors (Lipinski definition) is 2. The minimum atomic E-state index is -0.992. The lowest BCUT2D eigenvalue weighted by molar-refractivity contribution is -0.138. The summed E-state index contributed by atoms with van der Waals surface area (Å²) in [5, 5.41) is 8.67. The minimum absolute atomic E-state index is 0.310. The summed E-state index contributed by atoms with van der Waals surface area (Å²) >= 11 is 0. The number of carboxylic acid groups (broad SMARTS) is 1. The van der Waals surface area contributed by atoms with Crippen molar-refractivity contribution < 1.29 is 9.90 Å². The van der Waals surface area contributed by atoms with E-state index < -0.39 is 12.0 Å². The van der Waals surface area contributed by atoms with Crippen LogP contribution in [-0.4, -0.2) is 17.1 Å². The third-order valence-corrected chi connectivity index (χ3v) is 1.72. The normalized spacial score (nSPS) is 14.7. The molecule has 0 saturated heterocycles. The molecule has 0 aliphatic heterocycles. The molecule has 0 radical (unpaired) electrons. The molecule has 0 spiro atoms. The minimum Gasteiger partial charge on any atom is -0.480 e. The van der Waals surface area contributed by atoms with Crippen molar-refractivity contribution in [3.8, 4) is 0 Å². The van der Waals surface area contributed by atoms with Crippen molar-refractivity contribution in [2.24, 2.45) is 5.73 Å². The van der Waals surface area contributed by atoms with Crippen molar-refractivity contribution in [2.45, 2.75) is 19.4 Å². The number of rotatable bonds is 6. The van der Waals surface area contributed by atoms with E-state index in [-0.39, 0.29) is 0 Å². The second kappa shape index (κ2) is 7.76. The molecule has 0 bridgehead atoms. The molecular formula is C12H17NO2. The van der Waals surface area contributed by atoms with Gasteiger partial charge in [-0.05, 0) is 18.9 Å². The fourth-order valence-electron chi connectivity index (χ4n) is 0.944. The van der Waals surface area contributed by atoms with Gasteiger partial charge in [0.2, 0.25) is 0 Å². The number of aliphatic carboxylic acids is 1. The summed E-state index contributed by atoms with van der Waals surface area (Å²) in [6.07, 6.45) is 11.0. The molecular weight excluding hydrogens is 190 g/mol. The van der Waals surface area contributed by atoms with Gasteiger partial charge in [-0.2, -0.15) is 0 Å². The Hall–Kier alpha value is -1.61. The van der Waals surface area contributed by atoms with E-state index in [1.165, 1.54) is 0 Å². The Labute approximate surface area is 90.3 Å². The molecule has 0 fully saturated rings. The van der Waals surface area contributed by atoms with Crippen LogP contribution in [0.25, 0.3) is 0 Å². The van der Waals surface area contributed by atoms with E-state index in [9.17, 15) is 4.79 Å². The van der Waals surface area contributed by atoms with E-state index in [1.807, 2.05) is 25.2 Å². The van der Waals surface area contributed by atoms with Gasteiger partial charge < -0.3 is 10.8 Å². The van der Waals surface area contributed by atoms with Gasteiger partial charge in [0, 0.05) is 0 Å². The Kier molecular flexibility index (Phi) is 6.93. The van der Waals surface area contributed by atoms with Crippen LogP contribution < -0.4 is 5.73 Å². The van der Waals surface area contributed by atoms with E-state index in [0.717, 1.165) is 5.57 Å². The zero-order valence-electron chi connectivity index (χ0n) is 8.89. The maximum atomic E-state index is 10.6. The third kappa shape index (κ3) is 6.46. The zero-order chi connectivity index (χ0) is 11.7. The molecule has 0 amide bonds. The quantitative estimate of drug-likeness (QED) is 0.655. The van der Waals surface area contributed by atoms with Gasteiger partial charge in [0.05, 0.1) is 0 Å². The highest BCUT2D eigenvalue weighted by Gasteiger charge is 2.11. The zero-order valence-corrected chi connectivity index (χ0v) is 8.89. The van der Waals surface area contributed by atoms with Crippen molar-refractivity contribution in [3.63, 3.8) is 0 Å².